The van der Waals surface area contributed by atoms with Gasteiger partial charge in [0.1, 0.15) is 5.54 Å². The molecule has 1 fully saturated rings. The van der Waals surface area contributed by atoms with Crippen molar-refractivity contribution in [3.8, 4) is 0 Å². The second-order valence-electron chi connectivity index (χ2n) is 8.87. The number of urea groups is 1. The van der Waals surface area contributed by atoms with Gasteiger partial charge in [0.25, 0.3) is 5.91 Å². The molecule has 0 bridgehead atoms. The van der Waals surface area contributed by atoms with Crippen LogP contribution >= 0.6 is 11.3 Å². The molecule has 0 radical (unpaired) electrons. The largest absolute Gasteiger partial charge is 0.344 e. The SMILES string of the molecule is CC1(C)NC(=O)N(CCCC(=O)NC(c2ccc3c(c2)CCCC3)c2cccs2)C1=O. The van der Waals surface area contributed by atoms with E-state index in [-0.39, 0.29) is 36.9 Å². The Morgan fingerprint density at radius 1 is 1.19 bits per heavy atom. The van der Waals surface area contributed by atoms with Gasteiger partial charge in [-0.25, -0.2) is 4.79 Å². The Morgan fingerprint density at radius 2 is 1.97 bits per heavy atom. The van der Waals surface area contributed by atoms with Crippen LogP contribution in [0.3, 0.4) is 0 Å². The van der Waals surface area contributed by atoms with E-state index >= 15 is 0 Å². The number of rotatable bonds is 7. The van der Waals surface area contributed by atoms with Crippen molar-refractivity contribution < 1.29 is 14.4 Å². The highest BCUT2D eigenvalue weighted by Crippen LogP contribution is 2.30. The average Bonchev–Trinajstić information content (AvgIpc) is 3.34. The molecule has 31 heavy (non-hydrogen) atoms. The van der Waals surface area contributed by atoms with Crippen molar-refractivity contribution in [3.05, 3.63) is 57.3 Å². The first-order valence-electron chi connectivity index (χ1n) is 10.9. The number of carbonyl (C=O) groups is 3. The summed E-state index contributed by atoms with van der Waals surface area (Å²) in [6, 6.07) is 10.0. The third-order valence-electron chi connectivity index (χ3n) is 6.07. The van der Waals surface area contributed by atoms with E-state index in [1.54, 1.807) is 25.2 Å². The number of benzene rings is 1. The summed E-state index contributed by atoms with van der Waals surface area (Å²) in [4.78, 5) is 39.4. The predicted octanol–water partition coefficient (Wildman–Crippen LogP) is 3.94. The van der Waals surface area contributed by atoms with E-state index in [9.17, 15) is 14.4 Å². The van der Waals surface area contributed by atoms with Crippen molar-refractivity contribution in [1.82, 2.24) is 15.5 Å². The zero-order valence-corrected chi connectivity index (χ0v) is 18.9. The summed E-state index contributed by atoms with van der Waals surface area (Å²) < 4.78 is 0. The Kier molecular flexibility index (Phi) is 6.14. The summed E-state index contributed by atoms with van der Waals surface area (Å²) in [6.07, 6.45) is 5.37. The van der Waals surface area contributed by atoms with E-state index in [2.05, 4.69) is 28.8 Å². The lowest BCUT2D eigenvalue weighted by Gasteiger charge is -2.22. The molecule has 4 amide bonds. The Morgan fingerprint density at radius 3 is 2.65 bits per heavy atom. The summed E-state index contributed by atoms with van der Waals surface area (Å²) in [5.41, 5.74) is 3.03. The molecule has 6 nitrogen and oxygen atoms in total. The highest BCUT2D eigenvalue weighted by molar-refractivity contribution is 7.10. The Bertz CT molecular complexity index is 984. The Balaban J connectivity index is 1.41. The van der Waals surface area contributed by atoms with E-state index in [0.29, 0.717) is 6.42 Å². The van der Waals surface area contributed by atoms with E-state index in [4.69, 9.17) is 0 Å². The number of imide groups is 1. The van der Waals surface area contributed by atoms with Gasteiger partial charge in [0, 0.05) is 17.8 Å². The fourth-order valence-electron chi connectivity index (χ4n) is 4.36. The molecule has 1 aromatic heterocycles. The fourth-order valence-corrected chi connectivity index (χ4v) is 5.16. The zero-order chi connectivity index (χ0) is 22.0. The van der Waals surface area contributed by atoms with Crippen LogP contribution in [0.4, 0.5) is 4.79 Å². The average molecular weight is 440 g/mol. The van der Waals surface area contributed by atoms with Crippen molar-refractivity contribution in [2.75, 3.05) is 6.54 Å². The molecule has 164 valence electrons. The van der Waals surface area contributed by atoms with Crippen molar-refractivity contribution >= 4 is 29.2 Å². The molecule has 2 N–H and O–H groups in total. The van der Waals surface area contributed by atoms with Crippen molar-refractivity contribution in [2.24, 2.45) is 0 Å². The summed E-state index contributed by atoms with van der Waals surface area (Å²) in [6.45, 7) is 3.61. The number of nitrogens with zero attached hydrogens (tertiary/aromatic N) is 1. The van der Waals surface area contributed by atoms with Gasteiger partial charge in [0.2, 0.25) is 5.91 Å². The van der Waals surface area contributed by atoms with Gasteiger partial charge < -0.3 is 10.6 Å². The summed E-state index contributed by atoms with van der Waals surface area (Å²) in [5, 5.41) is 7.86. The molecule has 4 rings (SSSR count). The van der Waals surface area contributed by atoms with Gasteiger partial charge in [-0.1, -0.05) is 24.3 Å². The van der Waals surface area contributed by atoms with E-state index in [1.807, 2.05) is 17.5 Å². The monoisotopic (exact) mass is 439 g/mol. The summed E-state index contributed by atoms with van der Waals surface area (Å²) in [7, 11) is 0. The lowest BCUT2D eigenvalue weighted by molar-refractivity contribution is -0.130. The maximum Gasteiger partial charge on any atom is 0.325 e. The summed E-state index contributed by atoms with van der Waals surface area (Å²) >= 11 is 1.63. The van der Waals surface area contributed by atoms with Crippen LogP contribution in [0.25, 0.3) is 0 Å². The smallest absolute Gasteiger partial charge is 0.325 e. The third-order valence-corrected chi connectivity index (χ3v) is 7.01. The number of hydrogen-bond donors (Lipinski definition) is 2. The molecule has 1 aromatic carbocycles. The lowest BCUT2D eigenvalue weighted by atomic mass is 9.89. The minimum absolute atomic E-state index is 0.0811. The minimum Gasteiger partial charge on any atom is -0.344 e. The number of carbonyl (C=O) groups excluding carboxylic acids is 3. The lowest BCUT2D eigenvalue weighted by Crippen LogP contribution is -2.40. The maximum atomic E-state index is 12.8. The molecule has 1 atom stereocenters. The second kappa shape index (κ2) is 8.83. The molecule has 0 spiro atoms. The van der Waals surface area contributed by atoms with Gasteiger partial charge in [0.05, 0.1) is 6.04 Å². The van der Waals surface area contributed by atoms with Gasteiger partial charge in [-0.3, -0.25) is 14.5 Å². The number of nitrogens with one attached hydrogen (secondary N) is 2. The second-order valence-corrected chi connectivity index (χ2v) is 9.85. The molecule has 1 aliphatic heterocycles. The summed E-state index contributed by atoms with van der Waals surface area (Å²) in [5.74, 6) is -0.328. The molecule has 2 aliphatic rings. The van der Waals surface area contributed by atoms with Crippen LogP contribution in [-0.2, 0) is 22.4 Å². The topological polar surface area (TPSA) is 78.5 Å². The molecule has 1 saturated heterocycles. The highest BCUT2D eigenvalue weighted by atomic mass is 32.1. The maximum absolute atomic E-state index is 12.8. The van der Waals surface area contributed by atoms with Gasteiger partial charge in [0.15, 0.2) is 0 Å². The Labute approximate surface area is 187 Å². The van der Waals surface area contributed by atoms with Crippen LogP contribution < -0.4 is 10.6 Å². The van der Waals surface area contributed by atoms with Gasteiger partial charge >= 0.3 is 6.03 Å². The molecule has 2 aromatic rings. The number of aryl methyl sites for hydroxylation is 2. The van der Waals surface area contributed by atoms with Crippen molar-refractivity contribution in [3.63, 3.8) is 0 Å². The van der Waals surface area contributed by atoms with Crippen LogP contribution in [0.5, 0.6) is 0 Å². The van der Waals surface area contributed by atoms with Crippen LogP contribution in [0.1, 0.15) is 67.1 Å². The molecular weight excluding hydrogens is 410 g/mol. The standard InChI is InChI=1S/C24H29N3O3S/c1-24(2)22(29)27(23(30)26-24)13-5-10-20(28)25-21(19-9-6-14-31-19)18-12-11-16-7-3-4-8-17(16)15-18/h6,9,11-12,14-15,21H,3-5,7-8,10,13H2,1-2H3,(H,25,28)(H,26,30). The van der Waals surface area contributed by atoms with E-state index in [0.717, 1.165) is 23.3 Å². The fraction of sp³-hybridized carbons (Fsp3) is 0.458. The molecular formula is C24H29N3O3S. The quantitative estimate of drug-likeness (QED) is 0.642. The first-order chi connectivity index (χ1) is 14.8. The first kappa shape index (κ1) is 21.6. The highest BCUT2D eigenvalue weighted by Gasteiger charge is 2.43. The third kappa shape index (κ3) is 4.66. The number of amides is 4. The molecule has 1 aliphatic carbocycles. The van der Waals surface area contributed by atoms with Crippen molar-refractivity contribution in [2.45, 2.75) is 64.0 Å². The predicted molar refractivity (Wildman–Crippen MR) is 121 cm³/mol. The molecule has 7 heteroatoms. The number of fused-ring (bicyclic) bond motifs is 1. The van der Waals surface area contributed by atoms with Crippen LogP contribution in [0.2, 0.25) is 0 Å². The Hall–Kier alpha value is -2.67. The van der Waals surface area contributed by atoms with Gasteiger partial charge in [-0.05, 0) is 74.1 Å². The minimum atomic E-state index is -0.879. The molecule has 2 heterocycles. The van der Waals surface area contributed by atoms with E-state index in [1.165, 1.54) is 28.9 Å². The van der Waals surface area contributed by atoms with Gasteiger partial charge in [-0.15, -0.1) is 11.3 Å². The van der Waals surface area contributed by atoms with Crippen molar-refractivity contribution in [1.29, 1.82) is 0 Å². The molecule has 1 unspecified atom stereocenters. The van der Waals surface area contributed by atoms with Gasteiger partial charge in [-0.2, -0.15) is 0 Å². The van der Waals surface area contributed by atoms with E-state index < -0.39 is 5.54 Å². The number of thiophene rings is 1. The van der Waals surface area contributed by atoms with Crippen LogP contribution in [-0.4, -0.2) is 34.8 Å². The van der Waals surface area contributed by atoms with Crippen LogP contribution in [0.15, 0.2) is 35.7 Å². The normalized spacial score (nSPS) is 18.5. The first-order valence-corrected chi connectivity index (χ1v) is 11.8. The number of hydrogen-bond acceptors (Lipinski definition) is 4. The van der Waals surface area contributed by atoms with Crippen LogP contribution in [0, 0.1) is 0 Å². The zero-order valence-electron chi connectivity index (χ0n) is 18.1. The molecule has 0 saturated carbocycles.